The third-order valence-corrected chi connectivity index (χ3v) is 13.7. The number of hydrogen-bond donors (Lipinski definition) is 5. The van der Waals surface area contributed by atoms with E-state index in [1.807, 2.05) is 0 Å². The first-order chi connectivity index (χ1) is 34.8. The van der Waals surface area contributed by atoms with Gasteiger partial charge in [-0.2, -0.15) is 45.9 Å². The Morgan fingerprint density at radius 3 is 1.33 bits per heavy atom. The van der Waals surface area contributed by atoms with Crippen LogP contribution in [-0.2, 0) is 32.4 Å². The zero-order chi connectivity index (χ0) is 55.7. The standard InChI is InChI=1S/C20H15Cl2F3N4O6S.C19H13Cl2F3N4O6S.CH4.BBr3/c1-34-14-5-4-11(8-15(14)36(32,33)28-9-2-3-9)35-16-12(21)6-10(7-13(16)22)29-19(31)26-18(30)17(27-29)20(23,24)25;20-11-5-9(28-18(31)25-17(30)16(26-28)19(22,23)24)6-12(21)15(11)34-10-3-4-13(29)14(7-10)35(32,33)27-8-1-2-8;;2-1(3)4/h4-9,28H,2-3H2,1H3,(H,26,30,31);3-8,27,29H,1-2H2,(H,25,30,31);1H4;. The SMILES string of the molecule is BrB(Br)Br.C.COc1ccc(Oc2c(Cl)cc(-n3nc(C(F)(F)F)c(=O)[nH]c3=O)cc2Cl)cc1S(=O)(=O)NC1CC1.O=c1[nH]c(=O)n(-c2cc(Cl)c(Oc3ccc(O)c(S(=O)(=O)NC4CC4)c3)c(Cl)c2)nc1C(F)(F)F. The highest BCUT2D eigenvalue weighted by atomic mass is 79.9. The lowest BCUT2D eigenvalue weighted by Crippen LogP contribution is -2.37. The smallest absolute Gasteiger partial charge is 0.440 e. The van der Waals surface area contributed by atoms with Gasteiger partial charge in [0.1, 0.15) is 32.8 Å². The van der Waals surface area contributed by atoms with Gasteiger partial charge < -0.3 is 19.3 Å². The highest BCUT2D eigenvalue weighted by Gasteiger charge is 2.39. The summed E-state index contributed by atoms with van der Waals surface area (Å²) in [6.45, 7) is 0. The van der Waals surface area contributed by atoms with E-state index in [1.165, 1.54) is 41.3 Å². The summed E-state index contributed by atoms with van der Waals surface area (Å²) in [4.78, 5) is 49.5. The molecule has 0 spiro atoms. The third-order valence-electron chi connectivity index (χ3n) is 9.53. The number of aromatic hydroxyl groups is 1. The number of rotatable bonds is 13. The highest BCUT2D eigenvalue weighted by Crippen LogP contribution is 2.42. The van der Waals surface area contributed by atoms with Crippen LogP contribution in [-0.4, -0.2) is 73.8 Å². The normalized spacial score (nSPS) is 13.6. The van der Waals surface area contributed by atoms with Crippen molar-refractivity contribution in [2.24, 2.45) is 0 Å². The van der Waals surface area contributed by atoms with Crippen LogP contribution in [0, 0.1) is 0 Å². The second-order valence-corrected chi connectivity index (χ2v) is 26.6. The Labute approximate surface area is 469 Å². The fourth-order valence-corrected chi connectivity index (χ4v) is 9.97. The number of H-pyrrole nitrogens is 2. The summed E-state index contributed by atoms with van der Waals surface area (Å²) < 4.78 is 151. The molecule has 0 atom stereocenters. The molecule has 20 nitrogen and oxygen atoms in total. The predicted molar refractivity (Wildman–Crippen MR) is 278 cm³/mol. The molecule has 2 heterocycles. The van der Waals surface area contributed by atoms with Crippen molar-refractivity contribution >= 4 is 117 Å². The summed E-state index contributed by atoms with van der Waals surface area (Å²) in [5.74, 6) is -0.959. The maximum absolute atomic E-state index is 13.1. The van der Waals surface area contributed by atoms with Gasteiger partial charge in [0, 0.05) is 24.2 Å². The van der Waals surface area contributed by atoms with Crippen LogP contribution in [0.15, 0.2) is 89.6 Å². The molecule has 2 aromatic heterocycles. The van der Waals surface area contributed by atoms with Crippen molar-refractivity contribution in [3.8, 4) is 45.9 Å². The number of aromatic nitrogens is 6. The number of aromatic amines is 2. The Bertz CT molecular complexity index is 3620. The monoisotopic (exact) mass is 1380 g/mol. The number of ether oxygens (including phenoxy) is 3. The number of phenols is 1. The van der Waals surface area contributed by atoms with Gasteiger partial charge in [-0.05, 0) is 74.2 Å². The first-order valence-electron chi connectivity index (χ1n) is 20.2. The number of halogens is 13. The van der Waals surface area contributed by atoms with Crippen LogP contribution in [0.4, 0.5) is 26.3 Å². The average Bonchev–Trinajstić information content (AvgIpc) is 4.24. The van der Waals surface area contributed by atoms with Gasteiger partial charge in [-0.15, -0.1) is 47.3 Å². The molecule has 0 unspecified atom stereocenters. The number of sulfonamides is 2. The molecule has 0 amide bonds. The number of hydrogen-bond acceptors (Lipinski definition) is 14. The topological polar surface area (TPSA) is 276 Å². The Hall–Kier alpha value is -4.64. The van der Waals surface area contributed by atoms with Gasteiger partial charge in [-0.3, -0.25) is 19.6 Å². The van der Waals surface area contributed by atoms with E-state index in [2.05, 4.69) is 66.9 Å². The molecule has 0 bridgehead atoms. The number of benzene rings is 4. The molecule has 0 aliphatic heterocycles. The van der Waals surface area contributed by atoms with Gasteiger partial charge in [0.2, 0.25) is 31.4 Å². The van der Waals surface area contributed by atoms with Gasteiger partial charge in [0.05, 0.1) is 38.6 Å². The molecule has 2 aliphatic rings. The molecule has 76 heavy (non-hydrogen) atoms. The minimum absolute atomic E-state index is 0. The van der Waals surface area contributed by atoms with Crippen molar-refractivity contribution in [1.29, 1.82) is 0 Å². The molecule has 8 rings (SSSR count). The van der Waals surface area contributed by atoms with Crippen molar-refractivity contribution in [2.75, 3.05) is 7.11 Å². The van der Waals surface area contributed by atoms with Crippen molar-refractivity contribution in [3.05, 3.63) is 134 Å². The maximum Gasteiger partial charge on any atom is 0.440 e. The van der Waals surface area contributed by atoms with Crippen LogP contribution in [0.1, 0.15) is 44.5 Å². The number of nitrogens with one attached hydrogen (secondary N) is 4. The zero-order valence-corrected chi connectivity index (χ0v) is 46.2. The van der Waals surface area contributed by atoms with Crippen LogP contribution in [0.25, 0.3) is 11.4 Å². The molecule has 0 saturated heterocycles. The van der Waals surface area contributed by atoms with Gasteiger partial charge in [-0.25, -0.2) is 35.9 Å². The number of phenolic OH excluding ortho intramolecular Hbond substituents is 1. The fourth-order valence-electron chi connectivity index (χ4n) is 5.96. The van der Waals surface area contributed by atoms with E-state index in [9.17, 15) is 67.5 Å². The van der Waals surface area contributed by atoms with Crippen LogP contribution in [0.2, 0.25) is 20.1 Å². The molecular formula is C40H32BBr3Cl4F6N8O12S2. The minimum Gasteiger partial charge on any atom is -0.507 e. The minimum atomic E-state index is -5.13. The average molecular weight is 1390 g/mol. The highest BCUT2D eigenvalue weighted by molar-refractivity contribution is 9.69. The lowest BCUT2D eigenvalue weighted by molar-refractivity contribution is -0.144. The van der Waals surface area contributed by atoms with Crippen LogP contribution in [0.3, 0.4) is 0 Å². The maximum atomic E-state index is 13.1. The molecule has 36 heteroatoms. The van der Waals surface area contributed by atoms with Crippen molar-refractivity contribution < 1.29 is 62.5 Å². The predicted octanol–water partition coefficient (Wildman–Crippen LogP) is 9.47. The summed E-state index contributed by atoms with van der Waals surface area (Å²) in [7, 11) is -6.67. The Morgan fingerprint density at radius 1 is 0.645 bits per heavy atom. The Morgan fingerprint density at radius 2 is 0.987 bits per heavy atom. The molecule has 5 N–H and O–H groups in total. The summed E-state index contributed by atoms with van der Waals surface area (Å²) >= 11 is 34.1. The summed E-state index contributed by atoms with van der Waals surface area (Å²) in [6, 6.07) is 11.0. The van der Waals surface area contributed by atoms with E-state index < -0.39 is 76.9 Å². The van der Waals surface area contributed by atoms with E-state index in [0.717, 1.165) is 36.4 Å². The number of nitrogens with zero attached hydrogens (tertiary/aromatic N) is 4. The Balaban J connectivity index is 0.000000259. The quantitative estimate of drug-likeness (QED) is 0.0532. The molecule has 2 saturated carbocycles. The van der Waals surface area contributed by atoms with Crippen LogP contribution >= 0.6 is 93.7 Å². The lowest BCUT2D eigenvalue weighted by Gasteiger charge is -2.15. The number of methoxy groups -OCH3 is 1. The summed E-state index contributed by atoms with van der Waals surface area (Å²) in [5, 5.41) is 15.1. The van der Waals surface area contributed by atoms with Gasteiger partial charge in [0.25, 0.3) is 11.1 Å². The zero-order valence-electron chi connectivity index (χ0n) is 36.8. The first kappa shape index (κ1) is 62.2. The van der Waals surface area contributed by atoms with Crippen molar-refractivity contribution in [3.63, 3.8) is 0 Å². The van der Waals surface area contributed by atoms with Crippen LogP contribution < -0.4 is 46.2 Å². The van der Waals surface area contributed by atoms with Crippen molar-refractivity contribution in [2.45, 2.75) is 67.3 Å². The van der Waals surface area contributed by atoms with Gasteiger partial charge in [0.15, 0.2) is 11.5 Å². The van der Waals surface area contributed by atoms with E-state index in [0.29, 0.717) is 25.7 Å². The van der Waals surface area contributed by atoms with Crippen molar-refractivity contribution in [1.82, 2.24) is 39.0 Å². The fraction of sp³-hybridized carbons (Fsp3) is 0.250. The van der Waals surface area contributed by atoms with E-state index in [1.54, 1.807) is 0 Å². The van der Waals surface area contributed by atoms with Gasteiger partial charge in [-0.1, -0.05) is 53.8 Å². The molecule has 6 aromatic rings. The molecule has 2 aliphatic carbocycles. The van der Waals surface area contributed by atoms with Crippen LogP contribution in [0.5, 0.6) is 34.5 Å². The molecule has 410 valence electrons. The molecule has 2 fully saturated rings. The summed E-state index contributed by atoms with van der Waals surface area (Å²) in [5.41, 5.74) is -10.3. The van der Waals surface area contributed by atoms with Gasteiger partial charge >= 0.3 is 26.9 Å². The number of alkyl halides is 6. The lowest BCUT2D eigenvalue weighted by atomic mass is 10.3. The van der Waals surface area contributed by atoms with E-state index >= 15 is 0 Å². The second-order valence-electron chi connectivity index (χ2n) is 15.2. The largest absolute Gasteiger partial charge is 0.507 e. The Kier molecular flexibility index (Phi) is 20.1. The first-order valence-corrected chi connectivity index (χ1v) is 27.5. The third kappa shape index (κ3) is 15.8. The van der Waals surface area contributed by atoms with E-state index in [-0.39, 0.29) is 97.2 Å². The molecule has 0 radical (unpaired) electrons. The molecule has 4 aromatic carbocycles. The second kappa shape index (κ2) is 24.6. The summed E-state index contributed by atoms with van der Waals surface area (Å²) in [6.07, 6.45) is -7.48. The van der Waals surface area contributed by atoms with E-state index in [4.69, 9.17) is 60.6 Å². The molecular weight excluding hydrogens is 1350 g/mol.